The molecule has 3 heteroatoms. The van der Waals surface area contributed by atoms with Gasteiger partial charge in [0.25, 0.3) is 0 Å². The average molecular weight is 295 g/mol. The van der Waals surface area contributed by atoms with Gasteiger partial charge < -0.3 is 9.84 Å². The largest absolute Gasteiger partial charge is 0.390 e. The molecule has 0 amide bonds. The summed E-state index contributed by atoms with van der Waals surface area (Å²) < 4.78 is 5.35. The van der Waals surface area contributed by atoms with Gasteiger partial charge in [0.2, 0.25) is 0 Å². The summed E-state index contributed by atoms with van der Waals surface area (Å²) in [6, 6.07) is 0. The summed E-state index contributed by atoms with van der Waals surface area (Å²) in [6.07, 6.45) is 10.2. The van der Waals surface area contributed by atoms with E-state index < -0.39 is 0 Å². The van der Waals surface area contributed by atoms with Crippen molar-refractivity contribution in [3.63, 3.8) is 0 Å². The summed E-state index contributed by atoms with van der Waals surface area (Å²) in [7, 11) is 0. The normalized spacial score (nSPS) is 12.9. The number of rotatable bonds is 12. The van der Waals surface area contributed by atoms with Crippen molar-refractivity contribution < 1.29 is 9.84 Å². The number of unbranched alkanes of at least 4 members (excludes halogenated alkanes) is 7. The SMILES string of the molecule is CCCCCCCCCCOCC(O)CBr. The highest BCUT2D eigenvalue weighted by Crippen LogP contribution is 2.08. The van der Waals surface area contributed by atoms with Gasteiger partial charge in [0.05, 0.1) is 12.7 Å². The van der Waals surface area contributed by atoms with Crippen molar-refractivity contribution in [2.45, 2.75) is 64.4 Å². The van der Waals surface area contributed by atoms with Crippen LogP contribution in [0.25, 0.3) is 0 Å². The third-order valence-corrected chi connectivity index (χ3v) is 3.38. The second-order valence-corrected chi connectivity index (χ2v) is 5.01. The molecule has 0 spiro atoms. The van der Waals surface area contributed by atoms with Crippen LogP contribution in [-0.4, -0.2) is 29.8 Å². The standard InChI is InChI=1S/C13H27BrO2/c1-2-3-4-5-6-7-8-9-10-16-12-13(15)11-14/h13,15H,2-12H2,1H3. The van der Waals surface area contributed by atoms with Crippen LogP contribution in [0.5, 0.6) is 0 Å². The second-order valence-electron chi connectivity index (χ2n) is 4.36. The Hall–Kier alpha value is 0.400. The first-order valence-electron chi connectivity index (χ1n) is 6.63. The Kier molecular flexibility index (Phi) is 13.8. The fraction of sp³-hybridized carbons (Fsp3) is 1.00. The van der Waals surface area contributed by atoms with Gasteiger partial charge in [-0.1, -0.05) is 67.8 Å². The molecule has 16 heavy (non-hydrogen) atoms. The summed E-state index contributed by atoms with van der Waals surface area (Å²) in [5, 5.41) is 9.81. The number of aliphatic hydroxyl groups excluding tert-OH is 1. The van der Waals surface area contributed by atoms with Crippen LogP contribution in [-0.2, 0) is 4.74 Å². The third-order valence-electron chi connectivity index (χ3n) is 2.63. The van der Waals surface area contributed by atoms with Crippen molar-refractivity contribution in [3.8, 4) is 0 Å². The molecular formula is C13H27BrO2. The quantitative estimate of drug-likeness (QED) is 0.437. The van der Waals surface area contributed by atoms with Gasteiger partial charge in [0, 0.05) is 11.9 Å². The lowest BCUT2D eigenvalue weighted by Gasteiger charge is -2.07. The molecule has 0 fully saturated rings. The smallest absolute Gasteiger partial charge is 0.0870 e. The van der Waals surface area contributed by atoms with E-state index in [1.165, 1.54) is 44.9 Å². The maximum Gasteiger partial charge on any atom is 0.0870 e. The van der Waals surface area contributed by atoms with E-state index in [0.29, 0.717) is 11.9 Å². The van der Waals surface area contributed by atoms with E-state index in [1.807, 2.05) is 0 Å². The molecule has 0 aliphatic rings. The van der Waals surface area contributed by atoms with Crippen LogP contribution in [0.15, 0.2) is 0 Å². The lowest BCUT2D eigenvalue weighted by Crippen LogP contribution is -2.16. The molecule has 1 atom stereocenters. The Balaban J connectivity index is 2.93. The molecule has 0 aromatic heterocycles. The van der Waals surface area contributed by atoms with Gasteiger partial charge >= 0.3 is 0 Å². The number of hydrogen-bond donors (Lipinski definition) is 1. The zero-order valence-electron chi connectivity index (χ0n) is 10.6. The summed E-state index contributed by atoms with van der Waals surface area (Å²) in [6.45, 7) is 3.50. The first kappa shape index (κ1) is 16.4. The van der Waals surface area contributed by atoms with Crippen LogP contribution >= 0.6 is 15.9 Å². The van der Waals surface area contributed by atoms with Gasteiger partial charge in [0.15, 0.2) is 0 Å². The minimum absolute atomic E-state index is 0.353. The highest BCUT2D eigenvalue weighted by Gasteiger charge is 2.00. The van der Waals surface area contributed by atoms with Crippen LogP contribution in [0, 0.1) is 0 Å². The highest BCUT2D eigenvalue weighted by molar-refractivity contribution is 9.09. The van der Waals surface area contributed by atoms with Crippen molar-refractivity contribution in [3.05, 3.63) is 0 Å². The Morgan fingerprint density at radius 3 is 2.12 bits per heavy atom. The zero-order valence-corrected chi connectivity index (χ0v) is 12.2. The molecule has 0 aromatic carbocycles. The molecule has 0 radical (unpaired) electrons. The molecular weight excluding hydrogens is 268 g/mol. The minimum atomic E-state index is -0.353. The van der Waals surface area contributed by atoms with E-state index in [0.717, 1.165) is 13.0 Å². The van der Waals surface area contributed by atoms with Gasteiger partial charge in [-0.05, 0) is 6.42 Å². The van der Waals surface area contributed by atoms with Gasteiger partial charge in [-0.3, -0.25) is 0 Å². The number of ether oxygens (including phenoxy) is 1. The van der Waals surface area contributed by atoms with Crippen LogP contribution in [0.3, 0.4) is 0 Å². The Bertz CT molecular complexity index is 131. The summed E-state index contributed by atoms with van der Waals surface area (Å²) in [4.78, 5) is 0. The van der Waals surface area contributed by atoms with Crippen molar-refractivity contribution in [2.24, 2.45) is 0 Å². The number of halogens is 1. The van der Waals surface area contributed by atoms with Gasteiger partial charge in [-0.2, -0.15) is 0 Å². The molecule has 2 nitrogen and oxygen atoms in total. The van der Waals surface area contributed by atoms with E-state index in [1.54, 1.807) is 0 Å². The number of aliphatic hydroxyl groups is 1. The van der Waals surface area contributed by atoms with Gasteiger partial charge in [0.1, 0.15) is 0 Å². The van der Waals surface area contributed by atoms with Crippen molar-refractivity contribution in [1.82, 2.24) is 0 Å². The second kappa shape index (κ2) is 13.5. The Labute approximate surface area is 109 Å². The monoisotopic (exact) mass is 294 g/mol. The maximum absolute atomic E-state index is 9.21. The van der Waals surface area contributed by atoms with E-state index in [9.17, 15) is 5.11 Å². The van der Waals surface area contributed by atoms with Crippen LogP contribution in [0.2, 0.25) is 0 Å². The average Bonchev–Trinajstić information content (AvgIpc) is 2.31. The molecule has 0 saturated heterocycles. The highest BCUT2D eigenvalue weighted by atomic mass is 79.9. The predicted molar refractivity (Wildman–Crippen MR) is 73.2 cm³/mol. The molecule has 0 aliphatic carbocycles. The van der Waals surface area contributed by atoms with Crippen molar-refractivity contribution in [2.75, 3.05) is 18.5 Å². The zero-order chi connectivity index (χ0) is 12.1. The lowest BCUT2D eigenvalue weighted by molar-refractivity contribution is 0.0473. The van der Waals surface area contributed by atoms with Crippen molar-refractivity contribution in [1.29, 1.82) is 0 Å². The molecule has 0 rings (SSSR count). The fourth-order valence-electron chi connectivity index (χ4n) is 1.60. The van der Waals surface area contributed by atoms with Gasteiger partial charge in [-0.15, -0.1) is 0 Å². The molecule has 0 aliphatic heterocycles. The van der Waals surface area contributed by atoms with Crippen molar-refractivity contribution >= 4 is 15.9 Å². The fourth-order valence-corrected chi connectivity index (χ4v) is 1.79. The maximum atomic E-state index is 9.21. The lowest BCUT2D eigenvalue weighted by atomic mass is 10.1. The molecule has 0 saturated carbocycles. The van der Waals surface area contributed by atoms with Crippen LogP contribution in [0.4, 0.5) is 0 Å². The summed E-state index contributed by atoms with van der Waals surface area (Å²) in [5.41, 5.74) is 0. The molecule has 0 aromatic rings. The first-order valence-corrected chi connectivity index (χ1v) is 7.75. The summed E-state index contributed by atoms with van der Waals surface area (Å²) in [5.74, 6) is 0. The van der Waals surface area contributed by atoms with E-state index in [4.69, 9.17) is 4.74 Å². The topological polar surface area (TPSA) is 29.5 Å². The van der Waals surface area contributed by atoms with Crippen LogP contribution in [0.1, 0.15) is 58.3 Å². The molecule has 1 N–H and O–H groups in total. The van der Waals surface area contributed by atoms with E-state index >= 15 is 0 Å². The van der Waals surface area contributed by atoms with Gasteiger partial charge in [-0.25, -0.2) is 0 Å². The number of hydrogen-bond acceptors (Lipinski definition) is 2. The Morgan fingerprint density at radius 1 is 1.00 bits per heavy atom. The van der Waals surface area contributed by atoms with Crippen LogP contribution < -0.4 is 0 Å². The molecule has 98 valence electrons. The summed E-state index contributed by atoms with van der Waals surface area (Å²) >= 11 is 3.21. The molecule has 1 unspecified atom stereocenters. The first-order chi connectivity index (χ1) is 7.81. The minimum Gasteiger partial charge on any atom is -0.390 e. The van der Waals surface area contributed by atoms with E-state index in [2.05, 4.69) is 22.9 Å². The van der Waals surface area contributed by atoms with E-state index in [-0.39, 0.29) is 6.10 Å². The molecule has 0 heterocycles. The Morgan fingerprint density at radius 2 is 1.56 bits per heavy atom. The molecule has 0 bridgehead atoms. The third kappa shape index (κ3) is 12.5. The number of alkyl halides is 1. The predicted octanol–water partition coefficient (Wildman–Crippen LogP) is 3.90.